The van der Waals surface area contributed by atoms with E-state index in [0.29, 0.717) is 0 Å². The van der Waals surface area contributed by atoms with E-state index in [1.807, 2.05) is 0 Å². The van der Waals surface area contributed by atoms with Crippen LogP contribution >= 0.6 is 12.4 Å². The molecular formula is C7H12ClN6NaO11. The topological polar surface area (TPSA) is 246 Å². The summed E-state index contributed by atoms with van der Waals surface area (Å²) < 4.78 is 0. The molecule has 0 bridgehead atoms. The van der Waals surface area contributed by atoms with Crippen molar-refractivity contribution in [3.63, 3.8) is 0 Å². The van der Waals surface area contributed by atoms with Gasteiger partial charge in [-0.15, -0.1) is 12.4 Å². The van der Waals surface area contributed by atoms with E-state index in [2.05, 4.69) is 15.5 Å². The van der Waals surface area contributed by atoms with Crippen LogP contribution in [0, 0.1) is 40.5 Å². The van der Waals surface area contributed by atoms with E-state index < -0.39 is 31.0 Å². The number of carbonyl (C=O) groups is 1. The van der Waals surface area contributed by atoms with Crippen molar-refractivity contribution in [1.29, 1.82) is 0 Å². The smallest absolute Gasteiger partial charge is 0.662 e. The minimum atomic E-state index is -1.94. The molecular weight excluding hydrogens is 403 g/mol. The summed E-state index contributed by atoms with van der Waals surface area (Å²) in [4.78, 5) is 48.1. The zero-order valence-electron chi connectivity index (χ0n) is 13.1. The van der Waals surface area contributed by atoms with Crippen LogP contribution in [-0.2, 0) is 9.68 Å². The summed E-state index contributed by atoms with van der Waals surface area (Å²) in [5.41, 5.74) is -3.89. The third-order valence-corrected chi connectivity index (χ3v) is 3.03. The van der Waals surface area contributed by atoms with E-state index in [-0.39, 0.29) is 74.6 Å². The second kappa shape index (κ2) is 12.6. The minimum absolute atomic E-state index is 0. The molecule has 0 aliphatic carbocycles. The van der Waals surface area contributed by atoms with E-state index in [4.69, 9.17) is 10.1 Å². The fourth-order valence-corrected chi connectivity index (χ4v) is 1.35. The van der Waals surface area contributed by atoms with Gasteiger partial charge in [0.25, 0.3) is 6.47 Å². The molecule has 19 heteroatoms. The Kier molecular flexibility index (Phi) is 14.0. The number of halogens is 1. The van der Waals surface area contributed by atoms with E-state index in [0.717, 1.165) is 0 Å². The van der Waals surface area contributed by atoms with Crippen molar-refractivity contribution < 1.29 is 64.2 Å². The first kappa shape index (κ1) is 29.0. The molecule has 2 saturated heterocycles. The standard InChI is InChI=1S/2C3H5N3O4.CH2O3.ClH.Na/c2*7-5(8)3(6(9)10)1-4-2-3;2-1-4-3;;/h2*4H,1-2H2;1,3H;1H;/q;;;;+1/p-1. The fourth-order valence-electron chi connectivity index (χ4n) is 1.35. The number of rotatable bonds is 5. The van der Waals surface area contributed by atoms with Crippen LogP contribution in [-0.4, -0.2) is 63.7 Å². The van der Waals surface area contributed by atoms with Crippen LogP contribution < -0.4 is 45.4 Å². The average Bonchev–Trinajstić information content (AvgIpc) is 2.34. The summed E-state index contributed by atoms with van der Waals surface area (Å²) in [6, 6.07) is 0. The van der Waals surface area contributed by atoms with Gasteiger partial charge >= 0.3 is 40.9 Å². The van der Waals surface area contributed by atoms with Crippen molar-refractivity contribution in [1.82, 2.24) is 10.6 Å². The van der Waals surface area contributed by atoms with Crippen LogP contribution in [0.15, 0.2) is 0 Å². The van der Waals surface area contributed by atoms with Crippen LogP contribution in [0.25, 0.3) is 0 Å². The van der Waals surface area contributed by atoms with Crippen molar-refractivity contribution in [2.24, 2.45) is 0 Å². The minimum Gasteiger partial charge on any atom is -0.662 e. The summed E-state index contributed by atoms with van der Waals surface area (Å²) in [5.74, 6) is 0. The number of hydrogen-bond donors (Lipinski definition) is 2. The average molecular weight is 415 g/mol. The van der Waals surface area contributed by atoms with Gasteiger partial charge in [0.2, 0.25) is 0 Å². The molecule has 0 radical (unpaired) electrons. The van der Waals surface area contributed by atoms with Crippen LogP contribution in [0.5, 0.6) is 0 Å². The van der Waals surface area contributed by atoms with E-state index >= 15 is 0 Å². The summed E-state index contributed by atoms with van der Waals surface area (Å²) in [6.07, 6.45) is 0. The first-order valence-electron chi connectivity index (χ1n) is 5.82. The van der Waals surface area contributed by atoms with Gasteiger partial charge in [-0.1, -0.05) is 0 Å². The third kappa shape index (κ3) is 6.52. The van der Waals surface area contributed by atoms with Crippen LogP contribution in [0.4, 0.5) is 0 Å². The van der Waals surface area contributed by atoms with Gasteiger partial charge in [0, 0.05) is 0 Å². The normalized spacial score (nSPS) is 17.1. The zero-order chi connectivity index (χ0) is 19.0. The van der Waals surface area contributed by atoms with Gasteiger partial charge in [0.1, 0.15) is 45.9 Å². The zero-order valence-corrected chi connectivity index (χ0v) is 15.9. The first-order chi connectivity index (χ1) is 11.1. The van der Waals surface area contributed by atoms with E-state index in [9.17, 15) is 40.5 Å². The molecule has 0 aromatic rings. The second-order valence-corrected chi connectivity index (χ2v) is 4.39. The predicted molar refractivity (Wildman–Crippen MR) is 73.6 cm³/mol. The Bertz CT molecular complexity index is 453. The molecule has 0 unspecified atom stereocenters. The van der Waals surface area contributed by atoms with Gasteiger partial charge in [0.15, 0.2) is 0 Å². The number of nitrogens with zero attached hydrogens (tertiary/aromatic N) is 4. The number of nitro groups is 4. The predicted octanol–water partition coefficient (Wildman–Crippen LogP) is -6.46. The van der Waals surface area contributed by atoms with E-state index in [1.165, 1.54) is 0 Å². The van der Waals surface area contributed by atoms with Crippen LogP contribution in [0.1, 0.15) is 0 Å². The Morgan fingerprint density at radius 2 is 0.962 bits per heavy atom. The Balaban J connectivity index is -0.000000319. The summed E-state index contributed by atoms with van der Waals surface area (Å²) in [6.45, 7) is -0.875. The molecule has 0 amide bonds. The largest absolute Gasteiger partial charge is 1.00 e. The van der Waals surface area contributed by atoms with Gasteiger partial charge in [0.05, 0.1) is 0 Å². The molecule has 2 N–H and O–H groups in total. The molecule has 0 atom stereocenters. The van der Waals surface area contributed by atoms with Crippen LogP contribution in [0.3, 0.4) is 0 Å². The number of hydrogen-bond acceptors (Lipinski definition) is 13. The summed E-state index contributed by atoms with van der Waals surface area (Å²) >= 11 is 0. The molecule has 0 spiro atoms. The van der Waals surface area contributed by atoms with Gasteiger partial charge < -0.3 is 10.1 Å². The van der Waals surface area contributed by atoms with Crippen molar-refractivity contribution in [3.8, 4) is 0 Å². The number of carbonyl (C=O) groups excluding carboxylic acids is 1. The molecule has 0 aromatic heterocycles. The molecule has 144 valence electrons. The quantitative estimate of drug-likeness (QED) is 0.106. The molecule has 2 aliphatic rings. The Hall–Kier alpha value is -1.76. The molecule has 2 fully saturated rings. The first-order valence-corrected chi connectivity index (χ1v) is 5.82. The van der Waals surface area contributed by atoms with Gasteiger partial charge in [-0.2, -0.15) is 0 Å². The Morgan fingerprint density at radius 3 is 0.962 bits per heavy atom. The van der Waals surface area contributed by atoms with Crippen molar-refractivity contribution >= 4 is 18.9 Å². The maximum atomic E-state index is 10.1. The molecule has 0 saturated carbocycles. The summed E-state index contributed by atoms with van der Waals surface area (Å²) in [7, 11) is 0. The maximum Gasteiger partial charge on any atom is 1.00 e. The SMILES string of the molecule is Cl.O=CO[O-].O=[N+]([O-])C1([N+](=O)[O-])CNC1.O=[N+]([O-])C1([N+](=O)[O-])CNC1.[Na+]. The van der Waals surface area contributed by atoms with Crippen LogP contribution in [0.2, 0.25) is 0 Å². The fraction of sp³-hybridized carbons (Fsp3) is 0.857. The monoisotopic (exact) mass is 414 g/mol. The molecule has 2 heterocycles. The molecule has 17 nitrogen and oxygen atoms in total. The summed E-state index contributed by atoms with van der Waals surface area (Å²) in [5, 5.41) is 53.7. The number of nitrogens with one attached hydrogen (secondary N) is 2. The Morgan fingerprint density at radius 1 is 0.769 bits per heavy atom. The molecule has 2 aliphatic heterocycles. The van der Waals surface area contributed by atoms with E-state index in [1.54, 1.807) is 0 Å². The van der Waals surface area contributed by atoms with Gasteiger partial charge in [-0.3, -0.25) is 55.9 Å². The van der Waals surface area contributed by atoms with Crippen molar-refractivity contribution in [2.45, 2.75) is 11.3 Å². The van der Waals surface area contributed by atoms with Gasteiger partial charge in [-0.25, -0.2) is 0 Å². The molecule has 0 aromatic carbocycles. The molecule has 26 heavy (non-hydrogen) atoms. The third-order valence-electron chi connectivity index (χ3n) is 3.03. The second-order valence-electron chi connectivity index (χ2n) is 4.39. The Labute approximate surface area is 171 Å². The van der Waals surface area contributed by atoms with Crippen molar-refractivity contribution in [3.05, 3.63) is 40.5 Å². The van der Waals surface area contributed by atoms with Crippen molar-refractivity contribution in [2.75, 3.05) is 26.2 Å². The van der Waals surface area contributed by atoms with Gasteiger partial charge in [-0.05, 0) is 0 Å². The molecule has 2 rings (SSSR count). The maximum absolute atomic E-state index is 10.1.